The highest BCUT2D eigenvalue weighted by Crippen LogP contribution is 2.33. The number of para-hydroxylation sites is 1. The standard InChI is InChI=1S/C13H11Br2NO/c14-10-5-6-13(11(15)7-10)17-12-4-2-1-3-9(12)8-16/h1-7H,8,16H2. The molecule has 2 aromatic carbocycles. The Morgan fingerprint density at radius 3 is 2.47 bits per heavy atom. The maximum atomic E-state index is 5.84. The van der Waals surface area contributed by atoms with E-state index in [0.717, 1.165) is 26.0 Å². The lowest BCUT2D eigenvalue weighted by atomic mass is 10.2. The third-order valence-corrected chi connectivity index (χ3v) is 3.42. The smallest absolute Gasteiger partial charge is 0.141 e. The summed E-state index contributed by atoms with van der Waals surface area (Å²) < 4.78 is 7.74. The normalized spacial score (nSPS) is 10.3. The minimum Gasteiger partial charge on any atom is -0.456 e. The maximum absolute atomic E-state index is 5.84. The van der Waals surface area contributed by atoms with Crippen molar-refractivity contribution in [2.45, 2.75) is 6.54 Å². The minimum atomic E-state index is 0.463. The Balaban J connectivity index is 2.31. The Bertz CT molecular complexity index is 529. The summed E-state index contributed by atoms with van der Waals surface area (Å²) in [5.41, 5.74) is 6.66. The van der Waals surface area contributed by atoms with Gasteiger partial charge in [-0.3, -0.25) is 0 Å². The average molecular weight is 357 g/mol. The second-order valence-electron chi connectivity index (χ2n) is 3.49. The van der Waals surface area contributed by atoms with Gasteiger partial charge in [-0.1, -0.05) is 34.1 Å². The molecule has 0 unspecified atom stereocenters. The van der Waals surface area contributed by atoms with Crippen LogP contribution in [0.4, 0.5) is 0 Å². The van der Waals surface area contributed by atoms with Crippen molar-refractivity contribution < 1.29 is 4.74 Å². The highest BCUT2D eigenvalue weighted by atomic mass is 79.9. The predicted molar refractivity (Wildman–Crippen MR) is 76.2 cm³/mol. The van der Waals surface area contributed by atoms with Crippen LogP contribution in [0.3, 0.4) is 0 Å². The fraction of sp³-hybridized carbons (Fsp3) is 0.0769. The molecule has 0 heterocycles. The topological polar surface area (TPSA) is 35.2 Å². The van der Waals surface area contributed by atoms with Crippen LogP contribution in [0.1, 0.15) is 5.56 Å². The molecule has 0 bridgehead atoms. The van der Waals surface area contributed by atoms with Crippen molar-refractivity contribution in [3.05, 3.63) is 57.0 Å². The molecule has 2 nitrogen and oxygen atoms in total. The molecule has 0 aliphatic carbocycles. The number of halogens is 2. The maximum Gasteiger partial charge on any atom is 0.141 e. The summed E-state index contributed by atoms with van der Waals surface area (Å²) in [6.07, 6.45) is 0. The predicted octanol–water partition coefficient (Wildman–Crippen LogP) is 4.46. The molecule has 0 saturated carbocycles. The number of ether oxygens (including phenoxy) is 1. The van der Waals surface area contributed by atoms with Gasteiger partial charge in [0.15, 0.2) is 0 Å². The molecule has 0 amide bonds. The van der Waals surface area contributed by atoms with Gasteiger partial charge >= 0.3 is 0 Å². The second kappa shape index (κ2) is 5.67. The van der Waals surface area contributed by atoms with Crippen molar-refractivity contribution in [2.75, 3.05) is 0 Å². The lowest BCUT2D eigenvalue weighted by Gasteiger charge is -2.11. The van der Waals surface area contributed by atoms with Crippen LogP contribution in [0.25, 0.3) is 0 Å². The van der Waals surface area contributed by atoms with E-state index in [9.17, 15) is 0 Å². The monoisotopic (exact) mass is 355 g/mol. The number of nitrogens with two attached hydrogens (primary N) is 1. The van der Waals surface area contributed by atoms with Gasteiger partial charge in [-0.25, -0.2) is 0 Å². The third-order valence-electron chi connectivity index (χ3n) is 2.31. The van der Waals surface area contributed by atoms with Gasteiger partial charge in [-0.2, -0.15) is 0 Å². The third kappa shape index (κ3) is 3.09. The second-order valence-corrected chi connectivity index (χ2v) is 5.26. The van der Waals surface area contributed by atoms with Crippen LogP contribution in [-0.4, -0.2) is 0 Å². The SMILES string of the molecule is NCc1ccccc1Oc1ccc(Br)cc1Br. The molecule has 0 fully saturated rings. The summed E-state index contributed by atoms with van der Waals surface area (Å²) in [5.74, 6) is 1.56. The molecule has 88 valence electrons. The molecule has 2 rings (SSSR count). The number of benzene rings is 2. The largest absolute Gasteiger partial charge is 0.456 e. The van der Waals surface area contributed by atoms with E-state index in [-0.39, 0.29) is 0 Å². The molecule has 17 heavy (non-hydrogen) atoms. The Labute approximate surface area is 117 Å². The molecule has 0 saturated heterocycles. The summed E-state index contributed by atoms with van der Waals surface area (Å²) in [7, 11) is 0. The summed E-state index contributed by atoms with van der Waals surface area (Å²) in [5, 5.41) is 0. The molecule has 2 N–H and O–H groups in total. The van der Waals surface area contributed by atoms with Crippen LogP contribution in [0, 0.1) is 0 Å². The van der Waals surface area contributed by atoms with Crippen molar-refractivity contribution in [2.24, 2.45) is 5.73 Å². The Hall–Kier alpha value is -0.840. The molecule has 0 radical (unpaired) electrons. The Morgan fingerprint density at radius 2 is 1.76 bits per heavy atom. The first kappa shape index (κ1) is 12.6. The molecule has 0 aliphatic heterocycles. The van der Waals surface area contributed by atoms with Gasteiger partial charge in [0.05, 0.1) is 4.47 Å². The number of hydrogen-bond donors (Lipinski definition) is 1. The fourth-order valence-corrected chi connectivity index (χ4v) is 2.58. The van der Waals surface area contributed by atoms with Crippen LogP contribution < -0.4 is 10.5 Å². The summed E-state index contributed by atoms with van der Waals surface area (Å²) >= 11 is 6.87. The van der Waals surface area contributed by atoms with Gasteiger partial charge in [0.25, 0.3) is 0 Å². The quantitative estimate of drug-likeness (QED) is 0.880. The van der Waals surface area contributed by atoms with Crippen LogP contribution in [0.5, 0.6) is 11.5 Å². The van der Waals surface area contributed by atoms with E-state index in [4.69, 9.17) is 10.5 Å². The first-order chi connectivity index (χ1) is 8.20. The molecule has 0 spiro atoms. The van der Waals surface area contributed by atoms with E-state index in [1.165, 1.54) is 0 Å². The van der Waals surface area contributed by atoms with Gasteiger partial charge in [-0.05, 0) is 40.2 Å². The number of hydrogen-bond acceptors (Lipinski definition) is 2. The lowest BCUT2D eigenvalue weighted by Crippen LogP contribution is -1.99. The van der Waals surface area contributed by atoms with Crippen molar-refractivity contribution in [3.8, 4) is 11.5 Å². The zero-order valence-corrected chi connectivity index (χ0v) is 12.2. The first-order valence-electron chi connectivity index (χ1n) is 5.11. The lowest BCUT2D eigenvalue weighted by molar-refractivity contribution is 0.473. The van der Waals surface area contributed by atoms with E-state index < -0.39 is 0 Å². The van der Waals surface area contributed by atoms with Gasteiger partial charge < -0.3 is 10.5 Å². The van der Waals surface area contributed by atoms with Crippen molar-refractivity contribution in [1.29, 1.82) is 0 Å². The zero-order valence-electron chi connectivity index (χ0n) is 8.99. The molecular weight excluding hydrogens is 346 g/mol. The van der Waals surface area contributed by atoms with Crippen LogP contribution in [0.2, 0.25) is 0 Å². The molecule has 2 aromatic rings. The first-order valence-corrected chi connectivity index (χ1v) is 6.70. The van der Waals surface area contributed by atoms with Crippen molar-refractivity contribution in [3.63, 3.8) is 0 Å². The molecule has 4 heteroatoms. The van der Waals surface area contributed by atoms with Gasteiger partial charge in [0.2, 0.25) is 0 Å². The Kier molecular flexibility index (Phi) is 4.20. The highest BCUT2D eigenvalue weighted by molar-refractivity contribution is 9.11. The van der Waals surface area contributed by atoms with E-state index in [2.05, 4.69) is 31.9 Å². The molecule has 0 aromatic heterocycles. The highest BCUT2D eigenvalue weighted by Gasteiger charge is 2.06. The average Bonchev–Trinajstić information content (AvgIpc) is 2.33. The summed E-state index contributed by atoms with van der Waals surface area (Å²) in [4.78, 5) is 0. The van der Waals surface area contributed by atoms with Crippen LogP contribution >= 0.6 is 31.9 Å². The van der Waals surface area contributed by atoms with E-state index in [0.29, 0.717) is 6.54 Å². The minimum absolute atomic E-state index is 0.463. The van der Waals surface area contributed by atoms with Gasteiger partial charge in [0.1, 0.15) is 11.5 Å². The summed E-state index contributed by atoms with van der Waals surface area (Å²) in [6.45, 7) is 0.463. The zero-order chi connectivity index (χ0) is 12.3. The fourth-order valence-electron chi connectivity index (χ4n) is 1.45. The van der Waals surface area contributed by atoms with Gasteiger partial charge in [0, 0.05) is 16.6 Å². The summed E-state index contributed by atoms with van der Waals surface area (Å²) in [6, 6.07) is 13.5. The Morgan fingerprint density at radius 1 is 1.00 bits per heavy atom. The number of rotatable bonds is 3. The van der Waals surface area contributed by atoms with Crippen LogP contribution in [0.15, 0.2) is 51.4 Å². The molecule has 0 aliphatic rings. The van der Waals surface area contributed by atoms with E-state index in [1.807, 2.05) is 42.5 Å². The van der Waals surface area contributed by atoms with E-state index in [1.54, 1.807) is 0 Å². The van der Waals surface area contributed by atoms with Crippen LogP contribution in [-0.2, 0) is 6.54 Å². The van der Waals surface area contributed by atoms with Crippen molar-refractivity contribution in [1.82, 2.24) is 0 Å². The van der Waals surface area contributed by atoms with Crippen molar-refractivity contribution >= 4 is 31.9 Å². The van der Waals surface area contributed by atoms with E-state index >= 15 is 0 Å². The molecule has 0 atom stereocenters. The molecular formula is C13H11Br2NO. The van der Waals surface area contributed by atoms with Gasteiger partial charge in [-0.15, -0.1) is 0 Å².